The Morgan fingerprint density at radius 2 is 1.97 bits per heavy atom. The number of nitrogens with zero attached hydrogens (tertiary/aromatic N) is 1. The van der Waals surface area contributed by atoms with Gasteiger partial charge in [0.2, 0.25) is 0 Å². The van der Waals surface area contributed by atoms with Crippen LogP contribution in [0.3, 0.4) is 0 Å². The second-order valence-electron chi connectivity index (χ2n) is 9.69. The van der Waals surface area contributed by atoms with Gasteiger partial charge in [-0.2, -0.15) is 0 Å². The van der Waals surface area contributed by atoms with E-state index in [0.29, 0.717) is 30.0 Å². The maximum Gasteiger partial charge on any atom is 0.336 e. The number of halogens is 2. The molecule has 0 aromatic heterocycles. The number of nitrogens with one attached hydrogen (secondary N) is 1. The first-order chi connectivity index (χ1) is 17.2. The predicted octanol–water partition coefficient (Wildman–Crippen LogP) is 0.0573. The van der Waals surface area contributed by atoms with Gasteiger partial charge in [-0.3, -0.25) is 4.79 Å². The lowest BCUT2D eigenvalue weighted by Gasteiger charge is -2.39. The van der Waals surface area contributed by atoms with Gasteiger partial charge >= 0.3 is 11.9 Å². The van der Waals surface area contributed by atoms with Crippen LogP contribution in [0.25, 0.3) is 0 Å². The van der Waals surface area contributed by atoms with Crippen molar-refractivity contribution in [3.8, 4) is 5.75 Å². The monoisotopic (exact) mass is 547 g/mol. The molecule has 12 nitrogen and oxygen atoms in total. The standard InChI is InChI=1S/C23H31ClFN3O9/c1-22(35,11-37-18(21(33)34)16(29)20(31)32)10-28-5-3-23(25,4-6-28)9-27-19(30)13-8-14(24)15(26)12-2-7-36-17(12)13/h8,16,18,29,35H,2-7,9-11,26H2,1H3,(H,27,30)(H,31,32)(H,33,34). The van der Waals surface area contributed by atoms with E-state index in [0.717, 1.165) is 0 Å². The Hall–Kier alpha value is -2.71. The highest BCUT2D eigenvalue weighted by Crippen LogP contribution is 2.38. The number of amides is 1. The van der Waals surface area contributed by atoms with E-state index in [-0.39, 0.29) is 49.6 Å². The number of piperidine rings is 1. The fourth-order valence-corrected chi connectivity index (χ4v) is 4.61. The number of β-amino-alcohol motifs (C(OH)–C–C–N with tert-alkyl or cyclic N) is 1. The van der Waals surface area contributed by atoms with Gasteiger partial charge in [-0.1, -0.05) is 11.6 Å². The Bertz CT molecular complexity index is 1050. The first-order valence-electron chi connectivity index (χ1n) is 11.6. The van der Waals surface area contributed by atoms with E-state index in [1.54, 1.807) is 4.90 Å². The van der Waals surface area contributed by atoms with Gasteiger partial charge in [-0.15, -0.1) is 0 Å². The molecule has 2 aliphatic heterocycles. The lowest BCUT2D eigenvalue weighted by molar-refractivity contribution is -0.177. The minimum Gasteiger partial charge on any atom is -0.492 e. The summed E-state index contributed by atoms with van der Waals surface area (Å²) in [6.45, 7) is 1.35. The fraction of sp³-hybridized carbons (Fsp3) is 0.609. The van der Waals surface area contributed by atoms with E-state index in [1.807, 2.05) is 0 Å². The molecule has 3 atom stereocenters. The number of alkyl halides is 1. The molecular weight excluding hydrogens is 517 g/mol. The number of ether oxygens (including phenoxy) is 2. The number of aliphatic hydroxyl groups excluding tert-OH is 1. The number of nitrogen functional groups attached to an aromatic ring is 1. The quantitative estimate of drug-likeness (QED) is 0.205. The largest absolute Gasteiger partial charge is 0.492 e. The first-order valence-corrected chi connectivity index (χ1v) is 12.0. The molecule has 14 heteroatoms. The maximum atomic E-state index is 15.4. The minimum absolute atomic E-state index is 0.0155. The average Bonchev–Trinajstić information content (AvgIpc) is 3.31. The number of aliphatic carboxylic acids is 2. The number of anilines is 1. The first kappa shape index (κ1) is 28.9. The van der Waals surface area contributed by atoms with Crippen LogP contribution in [-0.2, 0) is 20.7 Å². The van der Waals surface area contributed by atoms with Crippen LogP contribution in [-0.4, -0.2) is 106 Å². The Morgan fingerprint density at radius 1 is 1.32 bits per heavy atom. The third-order valence-corrected chi connectivity index (χ3v) is 6.77. The summed E-state index contributed by atoms with van der Waals surface area (Å²) < 4.78 is 25.9. The maximum absolute atomic E-state index is 15.4. The summed E-state index contributed by atoms with van der Waals surface area (Å²) in [6.07, 6.45) is -3.73. The summed E-state index contributed by atoms with van der Waals surface area (Å²) in [5.74, 6) is -3.64. The Morgan fingerprint density at radius 3 is 2.57 bits per heavy atom. The van der Waals surface area contributed by atoms with E-state index in [1.165, 1.54) is 13.0 Å². The molecule has 0 aliphatic carbocycles. The van der Waals surface area contributed by atoms with E-state index in [2.05, 4.69) is 5.32 Å². The molecule has 206 valence electrons. The molecule has 1 saturated heterocycles. The summed E-state index contributed by atoms with van der Waals surface area (Å²) >= 11 is 6.13. The molecule has 0 spiro atoms. The van der Waals surface area contributed by atoms with Crippen molar-refractivity contribution in [1.29, 1.82) is 0 Å². The van der Waals surface area contributed by atoms with Crippen LogP contribution >= 0.6 is 11.6 Å². The van der Waals surface area contributed by atoms with Crippen LogP contribution in [0, 0.1) is 0 Å². The van der Waals surface area contributed by atoms with Gasteiger partial charge in [0.1, 0.15) is 11.4 Å². The number of carbonyl (C=O) groups excluding carboxylic acids is 1. The SMILES string of the molecule is CC(O)(COC(C(=O)O)C(O)C(=O)O)CN1CCC(F)(CNC(=O)c2cc(Cl)c(N)c3c2OCC3)CC1. The Labute approximate surface area is 217 Å². The van der Waals surface area contributed by atoms with Gasteiger partial charge in [-0.05, 0) is 25.8 Å². The van der Waals surface area contributed by atoms with Crippen LogP contribution < -0.4 is 15.8 Å². The zero-order chi connectivity index (χ0) is 27.5. The Balaban J connectivity index is 1.50. The number of aliphatic hydroxyl groups is 2. The van der Waals surface area contributed by atoms with Gasteiger partial charge in [0.05, 0.1) is 41.6 Å². The van der Waals surface area contributed by atoms with Crippen LogP contribution in [0.4, 0.5) is 10.1 Å². The number of likely N-dealkylation sites (tertiary alicyclic amines) is 1. The van der Waals surface area contributed by atoms with Crippen molar-refractivity contribution >= 4 is 35.1 Å². The molecule has 1 aromatic rings. The molecule has 0 radical (unpaired) electrons. The molecule has 2 heterocycles. The van der Waals surface area contributed by atoms with E-state index < -0.39 is 47.9 Å². The van der Waals surface area contributed by atoms with Crippen molar-refractivity contribution in [3.63, 3.8) is 0 Å². The third-order valence-electron chi connectivity index (χ3n) is 6.45. The van der Waals surface area contributed by atoms with Crippen molar-refractivity contribution in [3.05, 3.63) is 22.2 Å². The molecule has 1 aromatic carbocycles. The fourth-order valence-electron chi connectivity index (χ4n) is 4.38. The number of fused-ring (bicyclic) bond motifs is 1. The second kappa shape index (κ2) is 11.4. The number of carbonyl (C=O) groups is 3. The summed E-state index contributed by atoms with van der Waals surface area (Å²) in [5, 5.41) is 40.8. The second-order valence-corrected chi connectivity index (χ2v) is 10.1. The number of carboxylic acid groups (broad SMARTS) is 2. The number of rotatable bonds is 11. The number of hydrogen-bond donors (Lipinski definition) is 6. The molecule has 1 amide bonds. The van der Waals surface area contributed by atoms with Gasteiger partial charge in [-0.25, -0.2) is 14.0 Å². The smallest absolute Gasteiger partial charge is 0.336 e. The number of carboxylic acids is 2. The van der Waals surface area contributed by atoms with E-state index in [9.17, 15) is 24.6 Å². The Kier molecular flexibility index (Phi) is 8.85. The summed E-state index contributed by atoms with van der Waals surface area (Å²) in [4.78, 5) is 36.5. The van der Waals surface area contributed by atoms with Crippen LogP contribution in [0.1, 0.15) is 35.7 Å². The zero-order valence-electron chi connectivity index (χ0n) is 20.2. The number of hydrogen-bond acceptors (Lipinski definition) is 9. The lowest BCUT2D eigenvalue weighted by Crippen LogP contribution is -2.53. The van der Waals surface area contributed by atoms with E-state index in [4.69, 9.17) is 37.0 Å². The van der Waals surface area contributed by atoms with Crippen LogP contribution in [0.5, 0.6) is 5.75 Å². The summed E-state index contributed by atoms with van der Waals surface area (Å²) in [6, 6.07) is 1.40. The molecule has 1 fully saturated rings. The van der Waals surface area contributed by atoms with Gasteiger partial charge in [0.15, 0.2) is 12.2 Å². The van der Waals surface area contributed by atoms with Crippen molar-refractivity contribution in [2.45, 2.75) is 49.7 Å². The molecule has 2 aliphatic rings. The van der Waals surface area contributed by atoms with Crippen LogP contribution in [0.2, 0.25) is 5.02 Å². The van der Waals surface area contributed by atoms with Crippen molar-refractivity contribution in [2.75, 3.05) is 45.1 Å². The topological polar surface area (TPSA) is 192 Å². The van der Waals surface area contributed by atoms with Crippen molar-refractivity contribution < 1.29 is 48.7 Å². The van der Waals surface area contributed by atoms with Gasteiger partial charge < -0.3 is 45.9 Å². The summed E-state index contributed by atoms with van der Waals surface area (Å²) in [5.41, 5.74) is 3.85. The van der Waals surface area contributed by atoms with Crippen LogP contribution in [0.15, 0.2) is 6.07 Å². The lowest BCUT2D eigenvalue weighted by atomic mass is 9.92. The van der Waals surface area contributed by atoms with E-state index >= 15 is 4.39 Å². The zero-order valence-corrected chi connectivity index (χ0v) is 21.0. The summed E-state index contributed by atoms with van der Waals surface area (Å²) in [7, 11) is 0. The van der Waals surface area contributed by atoms with Gasteiger partial charge in [0, 0.05) is 31.6 Å². The van der Waals surface area contributed by atoms with Crippen molar-refractivity contribution in [2.24, 2.45) is 0 Å². The predicted molar refractivity (Wildman–Crippen MR) is 129 cm³/mol. The molecule has 3 unspecified atom stereocenters. The molecule has 3 rings (SSSR count). The third kappa shape index (κ3) is 6.99. The number of benzene rings is 1. The highest BCUT2D eigenvalue weighted by molar-refractivity contribution is 6.33. The highest BCUT2D eigenvalue weighted by atomic mass is 35.5. The number of nitrogens with two attached hydrogens (primary N) is 1. The molecular formula is C23H31ClFN3O9. The van der Waals surface area contributed by atoms with Crippen molar-refractivity contribution in [1.82, 2.24) is 10.2 Å². The molecule has 7 N–H and O–H groups in total. The van der Waals surface area contributed by atoms with Gasteiger partial charge in [0.25, 0.3) is 5.91 Å². The molecule has 0 bridgehead atoms. The highest BCUT2D eigenvalue weighted by Gasteiger charge is 2.39. The normalized spacial score (nSPS) is 20.2. The molecule has 0 saturated carbocycles. The molecule has 37 heavy (non-hydrogen) atoms. The average molecular weight is 548 g/mol. The minimum atomic E-state index is -2.30.